The van der Waals surface area contributed by atoms with Crippen LogP contribution in [0.5, 0.6) is 0 Å². The van der Waals surface area contributed by atoms with Gasteiger partial charge in [0.05, 0.1) is 17.6 Å². The normalized spacial score (nSPS) is 14.3. The molecule has 0 amide bonds. The maximum absolute atomic E-state index is 10.7. The van der Waals surface area contributed by atoms with Crippen molar-refractivity contribution in [3.63, 3.8) is 0 Å². The van der Waals surface area contributed by atoms with Crippen LogP contribution >= 0.6 is 0 Å². The van der Waals surface area contributed by atoms with Crippen molar-refractivity contribution in [2.45, 2.75) is 46.4 Å². The number of nitrogens with one attached hydrogen (secondary N) is 1. The van der Waals surface area contributed by atoms with Crippen molar-refractivity contribution < 1.29 is 10.0 Å². The number of hydrogen-bond acceptors (Lipinski definition) is 5. The maximum atomic E-state index is 10.7. The molecule has 25 heavy (non-hydrogen) atoms. The van der Waals surface area contributed by atoms with E-state index in [0.717, 1.165) is 0 Å². The van der Waals surface area contributed by atoms with Gasteiger partial charge in [-0.3, -0.25) is 14.8 Å². The number of aryl methyl sites for hydroxylation is 1. The minimum absolute atomic E-state index is 0.0314. The first-order valence-corrected chi connectivity index (χ1v) is 8.32. The number of aliphatic hydroxyl groups excluding tert-OH is 1. The standard InChI is InChI=1S/C18H26N4O3/c1-13-7-5-6-8-16(13)17(18(2,3)4)19-10-15(23)12-21-11-14(9-20-21)22(24)25/h5-9,11,15,17,19,23H,10,12H2,1-4H3. The summed E-state index contributed by atoms with van der Waals surface area (Å²) in [6.45, 7) is 9.10. The molecule has 7 nitrogen and oxygen atoms in total. The van der Waals surface area contributed by atoms with E-state index in [9.17, 15) is 15.2 Å². The van der Waals surface area contributed by atoms with Gasteiger partial charge < -0.3 is 10.4 Å². The third-order valence-corrected chi connectivity index (χ3v) is 4.15. The molecular weight excluding hydrogens is 320 g/mol. The molecule has 2 rings (SSSR count). The molecule has 2 unspecified atom stereocenters. The molecule has 0 spiro atoms. The van der Waals surface area contributed by atoms with Crippen LogP contribution in [0.15, 0.2) is 36.7 Å². The van der Waals surface area contributed by atoms with Crippen LogP contribution in [0.2, 0.25) is 0 Å². The molecule has 1 aromatic heterocycles. The minimum atomic E-state index is -0.701. The third-order valence-electron chi connectivity index (χ3n) is 4.15. The topological polar surface area (TPSA) is 93.2 Å². The van der Waals surface area contributed by atoms with Crippen LogP contribution < -0.4 is 5.32 Å². The Morgan fingerprint density at radius 2 is 2.04 bits per heavy atom. The van der Waals surface area contributed by atoms with Crippen LogP contribution in [0.1, 0.15) is 37.9 Å². The first-order chi connectivity index (χ1) is 11.7. The fraction of sp³-hybridized carbons (Fsp3) is 0.500. The molecule has 1 heterocycles. The minimum Gasteiger partial charge on any atom is -0.390 e. The molecule has 0 radical (unpaired) electrons. The Labute approximate surface area is 147 Å². The van der Waals surface area contributed by atoms with Gasteiger partial charge in [-0.05, 0) is 23.5 Å². The van der Waals surface area contributed by atoms with E-state index >= 15 is 0 Å². The lowest BCUT2D eigenvalue weighted by Gasteiger charge is -2.34. The number of aromatic nitrogens is 2. The zero-order chi connectivity index (χ0) is 18.6. The summed E-state index contributed by atoms with van der Waals surface area (Å²) in [7, 11) is 0. The maximum Gasteiger partial charge on any atom is 0.306 e. The number of nitro groups is 1. The van der Waals surface area contributed by atoms with Gasteiger partial charge in [0.1, 0.15) is 12.4 Å². The van der Waals surface area contributed by atoms with Crippen LogP contribution in [-0.4, -0.2) is 32.5 Å². The van der Waals surface area contributed by atoms with Crippen molar-refractivity contribution in [3.8, 4) is 0 Å². The fourth-order valence-corrected chi connectivity index (χ4v) is 2.87. The van der Waals surface area contributed by atoms with Gasteiger partial charge in [-0.2, -0.15) is 5.10 Å². The Hall–Kier alpha value is -2.25. The molecule has 2 N–H and O–H groups in total. The smallest absolute Gasteiger partial charge is 0.306 e. The summed E-state index contributed by atoms with van der Waals surface area (Å²) >= 11 is 0. The third kappa shape index (κ3) is 5.11. The summed E-state index contributed by atoms with van der Waals surface area (Å²) < 4.78 is 1.39. The number of hydrogen-bond donors (Lipinski definition) is 2. The molecule has 2 atom stereocenters. The summed E-state index contributed by atoms with van der Waals surface area (Å²) in [5.41, 5.74) is 2.30. The van der Waals surface area contributed by atoms with Crippen LogP contribution in [0.25, 0.3) is 0 Å². The first kappa shape index (κ1) is 19.1. The Morgan fingerprint density at radius 1 is 1.36 bits per heavy atom. The van der Waals surface area contributed by atoms with Crippen molar-refractivity contribution in [2.75, 3.05) is 6.54 Å². The van der Waals surface area contributed by atoms with Gasteiger partial charge >= 0.3 is 5.69 Å². The molecule has 1 aromatic carbocycles. The van der Waals surface area contributed by atoms with E-state index in [1.165, 1.54) is 28.2 Å². The van der Waals surface area contributed by atoms with Gasteiger partial charge in [0, 0.05) is 12.6 Å². The van der Waals surface area contributed by atoms with Gasteiger partial charge in [-0.25, -0.2) is 0 Å². The largest absolute Gasteiger partial charge is 0.390 e. The van der Waals surface area contributed by atoms with Crippen LogP contribution in [0.3, 0.4) is 0 Å². The van der Waals surface area contributed by atoms with Gasteiger partial charge in [-0.1, -0.05) is 45.0 Å². The zero-order valence-electron chi connectivity index (χ0n) is 15.1. The molecule has 0 saturated heterocycles. The molecule has 0 aliphatic rings. The molecule has 0 fully saturated rings. The Morgan fingerprint density at radius 3 is 2.60 bits per heavy atom. The number of rotatable bonds is 7. The predicted molar refractivity (Wildman–Crippen MR) is 96.3 cm³/mol. The van der Waals surface area contributed by atoms with Crippen molar-refractivity contribution >= 4 is 5.69 Å². The summed E-state index contributed by atoms with van der Waals surface area (Å²) in [6, 6.07) is 8.28. The summed E-state index contributed by atoms with van der Waals surface area (Å²) in [4.78, 5) is 10.2. The lowest BCUT2D eigenvalue weighted by Crippen LogP contribution is -2.38. The molecule has 136 valence electrons. The van der Waals surface area contributed by atoms with Gasteiger partial charge in [0.15, 0.2) is 0 Å². The van der Waals surface area contributed by atoms with Gasteiger partial charge in [0.2, 0.25) is 0 Å². The van der Waals surface area contributed by atoms with Crippen LogP contribution in [0, 0.1) is 22.5 Å². The average molecular weight is 346 g/mol. The highest BCUT2D eigenvalue weighted by molar-refractivity contribution is 5.30. The Balaban J connectivity index is 2.02. The monoisotopic (exact) mass is 346 g/mol. The van der Waals surface area contributed by atoms with E-state index in [-0.39, 0.29) is 23.7 Å². The van der Waals surface area contributed by atoms with Crippen molar-refractivity contribution in [1.29, 1.82) is 0 Å². The van der Waals surface area contributed by atoms with Gasteiger partial charge in [-0.15, -0.1) is 0 Å². The molecule has 2 aromatic rings. The lowest BCUT2D eigenvalue weighted by atomic mass is 9.81. The molecule has 7 heteroatoms. The van der Waals surface area contributed by atoms with E-state index in [2.05, 4.69) is 50.2 Å². The van der Waals surface area contributed by atoms with Gasteiger partial charge in [0.25, 0.3) is 0 Å². The Kier molecular flexibility index (Phi) is 5.92. The van der Waals surface area contributed by atoms with E-state index < -0.39 is 11.0 Å². The molecule has 0 aliphatic carbocycles. The van der Waals surface area contributed by atoms with E-state index in [1.807, 2.05) is 12.1 Å². The second-order valence-electron chi connectivity index (χ2n) is 7.40. The highest BCUT2D eigenvalue weighted by Gasteiger charge is 2.27. The number of aliphatic hydroxyl groups is 1. The summed E-state index contributed by atoms with van der Waals surface area (Å²) in [5.74, 6) is 0. The Bertz CT molecular complexity index is 721. The quantitative estimate of drug-likeness (QED) is 0.594. The second-order valence-corrected chi connectivity index (χ2v) is 7.40. The predicted octanol–water partition coefficient (Wildman–Crippen LogP) is 2.84. The molecular formula is C18H26N4O3. The summed E-state index contributed by atoms with van der Waals surface area (Å²) in [6.07, 6.45) is 1.81. The highest BCUT2D eigenvalue weighted by Crippen LogP contribution is 2.34. The molecule has 0 bridgehead atoms. The van der Waals surface area contributed by atoms with Crippen LogP contribution in [0.4, 0.5) is 5.69 Å². The first-order valence-electron chi connectivity index (χ1n) is 8.32. The number of nitrogens with zero attached hydrogens (tertiary/aromatic N) is 3. The van der Waals surface area contributed by atoms with E-state index in [1.54, 1.807) is 0 Å². The van der Waals surface area contributed by atoms with E-state index in [4.69, 9.17) is 0 Å². The highest BCUT2D eigenvalue weighted by atomic mass is 16.6. The van der Waals surface area contributed by atoms with Crippen molar-refractivity contribution in [3.05, 3.63) is 57.9 Å². The van der Waals surface area contributed by atoms with Crippen molar-refractivity contribution in [1.82, 2.24) is 15.1 Å². The molecule has 0 saturated carbocycles. The summed E-state index contributed by atoms with van der Waals surface area (Å²) in [5, 5.41) is 28.3. The average Bonchev–Trinajstić information content (AvgIpc) is 2.96. The van der Waals surface area contributed by atoms with E-state index in [0.29, 0.717) is 6.54 Å². The fourth-order valence-electron chi connectivity index (χ4n) is 2.87. The van der Waals surface area contributed by atoms with Crippen molar-refractivity contribution in [2.24, 2.45) is 5.41 Å². The SMILES string of the molecule is Cc1ccccc1C(NCC(O)Cn1cc([N+](=O)[O-])cn1)C(C)(C)C. The lowest BCUT2D eigenvalue weighted by molar-refractivity contribution is -0.385. The second kappa shape index (κ2) is 7.76. The van der Waals surface area contributed by atoms with Crippen LogP contribution in [-0.2, 0) is 6.54 Å². The molecule has 0 aliphatic heterocycles. The number of benzene rings is 1. The zero-order valence-corrected chi connectivity index (χ0v) is 15.1.